The highest BCUT2D eigenvalue weighted by Gasteiger charge is 2.34. The van der Waals surface area contributed by atoms with Gasteiger partial charge in [-0.1, -0.05) is 11.6 Å². The number of aromatic nitrogens is 2. The summed E-state index contributed by atoms with van der Waals surface area (Å²) >= 11 is 6.24. The van der Waals surface area contributed by atoms with Crippen molar-refractivity contribution >= 4 is 11.6 Å². The van der Waals surface area contributed by atoms with Gasteiger partial charge in [0.15, 0.2) is 0 Å². The van der Waals surface area contributed by atoms with Gasteiger partial charge in [-0.3, -0.25) is 4.68 Å². The van der Waals surface area contributed by atoms with Gasteiger partial charge in [-0.2, -0.15) is 5.10 Å². The largest absolute Gasteiger partial charge is 0.325 e. The predicted molar refractivity (Wildman–Crippen MR) is 62.1 cm³/mol. The molecule has 84 valence electrons. The van der Waals surface area contributed by atoms with Crippen molar-refractivity contribution in [2.24, 2.45) is 5.73 Å². The Labute approximate surface area is 95.6 Å². The van der Waals surface area contributed by atoms with E-state index in [-0.39, 0.29) is 5.54 Å². The van der Waals surface area contributed by atoms with E-state index in [4.69, 9.17) is 17.3 Å². The Kier molecular flexibility index (Phi) is 2.77. The number of nitrogens with two attached hydrogens (primary N) is 1. The van der Waals surface area contributed by atoms with Gasteiger partial charge in [-0.05, 0) is 33.1 Å². The molecule has 1 heterocycles. The number of aryl methyl sites for hydroxylation is 2. The van der Waals surface area contributed by atoms with Crippen molar-refractivity contribution in [2.45, 2.75) is 51.6 Å². The fourth-order valence-electron chi connectivity index (χ4n) is 2.18. The molecule has 1 aliphatic carbocycles. The predicted octanol–water partition coefficient (Wildman–Crippen LogP) is 2.29. The smallest absolute Gasteiger partial charge is 0.0847 e. The molecule has 1 fully saturated rings. The Morgan fingerprint density at radius 2 is 2.20 bits per heavy atom. The number of nitrogens with zero attached hydrogens (tertiary/aromatic N) is 2. The molecule has 1 saturated carbocycles. The second-order valence-electron chi connectivity index (χ2n) is 4.55. The normalized spacial score (nSPS) is 18.9. The zero-order valence-electron chi connectivity index (χ0n) is 9.39. The number of rotatable bonds is 3. The lowest BCUT2D eigenvalue weighted by molar-refractivity contribution is 0.242. The average molecular weight is 228 g/mol. The van der Waals surface area contributed by atoms with Crippen LogP contribution < -0.4 is 5.73 Å². The van der Waals surface area contributed by atoms with E-state index in [0.717, 1.165) is 42.2 Å². The first-order chi connectivity index (χ1) is 7.06. The molecule has 0 atom stereocenters. The summed E-state index contributed by atoms with van der Waals surface area (Å²) in [5.41, 5.74) is 8.24. The zero-order valence-corrected chi connectivity index (χ0v) is 10.1. The van der Waals surface area contributed by atoms with E-state index >= 15 is 0 Å². The van der Waals surface area contributed by atoms with Crippen molar-refractivity contribution in [3.63, 3.8) is 0 Å². The molecule has 3 nitrogen and oxygen atoms in total. The van der Waals surface area contributed by atoms with Crippen LogP contribution in [0, 0.1) is 6.92 Å². The van der Waals surface area contributed by atoms with Gasteiger partial charge in [-0.15, -0.1) is 0 Å². The summed E-state index contributed by atoms with van der Waals surface area (Å²) in [6.07, 6.45) is 4.32. The maximum absolute atomic E-state index is 6.24. The molecule has 1 aromatic heterocycles. The molecule has 2 N–H and O–H groups in total. The maximum atomic E-state index is 6.24. The van der Waals surface area contributed by atoms with Gasteiger partial charge in [0.25, 0.3) is 0 Å². The van der Waals surface area contributed by atoms with Crippen LogP contribution in [0.4, 0.5) is 0 Å². The average Bonchev–Trinajstić information content (AvgIpc) is 2.43. The lowest BCUT2D eigenvalue weighted by atomic mass is 9.74. The standard InChI is InChI=1S/C11H18ClN3/c1-3-15-9(10(12)8(2)14-15)7-11(13)5-4-6-11/h3-7,13H2,1-2H3. The molecule has 1 aliphatic rings. The van der Waals surface area contributed by atoms with Crippen LogP contribution in [0.15, 0.2) is 0 Å². The lowest BCUT2D eigenvalue weighted by Gasteiger charge is -2.38. The van der Waals surface area contributed by atoms with Gasteiger partial charge in [0.2, 0.25) is 0 Å². The maximum Gasteiger partial charge on any atom is 0.0847 e. The Hall–Kier alpha value is -0.540. The molecule has 0 aromatic carbocycles. The molecule has 0 amide bonds. The second-order valence-corrected chi connectivity index (χ2v) is 4.93. The Morgan fingerprint density at radius 3 is 2.67 bits per heavy atom. The van der Waals surface area contributed by atoms with Crippen LogP contribution in [0.25, 0.3) is 0 Å². The summed E-state index contributed by atoms with van der Waals surface area (Å²) in [6.45, 7) is 4.89. The molecule has 0 unspecified atom stereocenters. The van der Waals surface area contributed by atoms with Crippen LogP contribution in [0.3, 0.4) is 0 Å². The topological polar surface area (TPSA) is 43.8 Å². The molecule has 0 saturated heterocycles. The first-order valence-corrected chi connectivity index (χ1v) is 5.94. The molecule has 2 rings (SSSR count). The summed E-state index contributed by atoms with van der Waals surface area (Å²) in [5, 5.41) is 5.20. The van der Waals surface area contributed by atoms with Gasteiger partial charge in [0.1, 0.15) is 0 Å². The van der Waals surface area contributed by atoms with Gasteiger partial charge in [0, 0.05) is 18.5 Å². The Morgan fingerprint density at radius 1 is 1.53 bits per heavy atom. The molecule has 0 aliphatic heterocycles. The highest BCUT2D eigenvalue weighted by atomic mass is 35.5. The number of hydrogen-bond donors (Lipinski definition) is 1. The monoisotopic (exact) mass is 227 g/mol. The van der Waals surface area contributed by atoms with E-state index in [1.54, 1.807) is 0 Å². The molecular formula is C11H18ClN3. The first kappa shape index (κ1) is 11.0. The van der Waals surface area contributed by atoms with Crippen LogP contribution in [0.5, 0.6) is 0 Å². The van der Waals surface area contributed by atoms with Crippen molar-refractivity contribution in [2.75, 3.05) is 0 Å². The third-order valence-corrected chi connectivity index (χ3v) is 3.81. The highest BCUT2D eigenvalue weighted by molar-refractivity contribution is 6.31. The van der Waals surface area contributed by atoms with Crippen molar-refractivity contribution in [1.29, 1.82) is 0 Å². The fourth-order valence-corrected chi connectivity index (χ4v) is 2.38. The highest BCUT2D eigenvalue weighted by Crippen LogP contribution is 2.34. The molecule has 0 bridgehead atoms. The minimum Gasteiger partial charge on any atom is -0.325 e. The third-order valence-electron chi connectivity index (χ3n) is 3.32. The van der Waals surface area contributed by atoms with Crippen LogP contribution >= 0.6 is 11.6 Å². The van der Waals surface area contributed by atoms with E-state index in [9.17, 15) is 0 Å². The molecule has 0 radical (unpaired) electrons. The fraction of sp³-hybridized carbons (Fsp3) is 0.727. The van der Waals surface area contributed by atoms with E-state index in [1.165, 1.54) is 6.42 Å². The SMILES string of the molecule is CCn1nc(C)c(Cl)c1CC1(N)CCC1. The van der Waals surface area contributed by atoms with Crippen LogP contribution in [0.2, 0.25) is 5.02 Å². The summed E-state index contributed by atoms with van der Waals surface area (Å²) in [7, 11) is 0. The molecule has 0 spiro atoms. The van der Waals surface area contributed by atoms with E-state index in [2.05, 4.69) is 12.0 Å². The zero-order chi connectivity index (χ0) is 11.1. The quantitative estimate of drug-likeness (QED) is 0.861. The minimum atomic E-state index is -0.0248. The van der Waals surface area contributed by atoms with Gasteiger partial charge >= 0.3 is 0 Å². The molecule has 15 heavy (non-hydrogen) atoms. The number of hydrogen-bond acceptors (Lipinski definition) is 2. The lowest BCUT2D eigenvalue weighted by Crippen LogP contribution is -2.48. The van der Waals surface area contributed by atoms with E-state index < -0.39 is 0 Å². The summed E-state index contributed by atoms with van der Waals surface area (Å²) in [5.74, 6) is 0. The van der Waals surface area contributed by atoms with Crippen LogP contribution in [0.1, 0.15) is 37.6 Å². The number of halogens is 1. The summed E-state index contributed by atoms with van der Waals surface area (Å²) in [4.78, 5) is 0. The first-order valence-electron chi connectivity index (χ1n) is 5.56. The summed E-state index contributed by atoms with van der Waals surface area (Å²) in [6, 6.07) is 0. The van der Waals surface area contributed by atoms with E-state index in [1.807, 2.05) is 11.6 Å². The summed E-state index contributed by atoms with van der Waals surface area (Å²) < 4.78 is 1.98. The van der Waals surface area contributed by atoms with Crippen molar-refractivity contribution in [3.8, 4) is 0 Å². The third kappa shape index (κ3) is 1.91. The minimum absolute atomic E-state index is 0.0248. The van der Waals surface area contributed by atoms with Gasteiger partial charge in [0.05, 0.1) is 16.4 Å². The van der Waals surface area contributed by atoms with Crippen LogP contribution in [-0.4, -0.2) is 15.3 Å². The molecular weight excluding hydrogens is 210 g/mol. The van der Waals surface area contributed by atoms with Crippen molar-refractivity contribution in [3.05, 3.63) is 16.4 Å². The van der Waals surface area contributed by atoms with Crippen LogP contribution in [-0.2, 0) is 13.0 Å². The Bertz CT molecular complexity index is 366. The van der Waals surface area contributed by atoms with Gasteiger partial charge < -0.3 is 5.73 Å². The molecule has 1 aromatic rings. The van der Waals surface area contributed by atoms with Gasteiger partial charge in [-0.25, -0.2) is 0 Å². The second kappa shape index (κ2) is 3.80. The van der Waals surface area contributed by atoms with Crippen molar-refractivity contribution < 1.29 is 0 Å². The van der Waals surface area contributed by atoms with Crippen molar-refractivity contribution in [1.82, 2.24) is 9.78 Å². The Balaban J connectivity index is 2.26. The molecule has 4 heteroatoms. The van der Waals surface area contributed by atoms with E-state index in [0.29, 0.717) is 0 Å².